The topological polar surface area (TPSA) is 21.3 Å². The molecule has 0 aliphatic heterocycles. The third-order valence-corrected chi connectivity index (χ3v) is 3.00. The molecule has 0 spiro atoms. The third-order valence-electron chi connectivity index (χ3n) is 3.00. The minimum absolute atomic E-state index is 0.214. The van der Waals surface area contributed by atoms with Crippen LogP contribution in [0.25, 0.3) is 0 Å². The maximum atomic E-state index is 13.3. The fourth-order valence-corrected chi connectivity index (χ4v) is 2.09. The van der Waals surface area contributed by atoms with Crippen molar-refractivity contribution in [1.82, 2.24) is 0 Å². The van der Waals surface area contributed by atoms with Crippen molar-refractivity contribution in [2.75, 3.05) is 12.4 Å². The van der Waals surface area contributed by atoms with Crippen LogP contribution < -0.4 is 10.1 Å². The van der Waals surface area contributed by atoms with Crippen LogP contribution in [0, 0.1) is 19.7 Å². The number of halogens is 1. The zero-order chi connectivity index (χ0) is 13.8. The quantitative estimate of drug-likeness (QED) is 0.894. The van der Waals surface area contributed by atoms with Crippen LogP contribution in [0.4, 0.5) is 10.1 Å². The van der Waals surface area contributed by atoms with Crippen molar-refractivity contribution in [2.45, 2.75) is 20.4 Å². The minimum Gasteiger partial charge on any atom is -0.496 e. The standard InChI is InChI=1S/C16H18FNO/c1-11-6-14(17)9-15(7-11)18-10-13-4-5-16(19-3)12(2)8-13/h4-9,18H,10H2,1-3H3. The highest BCUT2D eigenvalue weighted by Gasteiger charge is 2.01. The lowest BCUT2D eigenvalue weighted by atomic mass is 10.1. The molecule has 0 heterocycles. The minimum atomic E-state index is -0.214. The Morgan fingerprint density at radius 2 is 1.89 bits per heavy atom. The molecule has 0 bridgehead atoms. The maximum Gasteiger partial charge on any atom is 0.125 e. The maximum absolute atomic E-state index is 13.3. The van der Waals surface area contributed by atoms with Crippen LogP contribution in [0.5, 0.6) is 5.75 Å². The van der Waals surface area contributed by atoms with E-state index in [2.05, 4.69) is 11.4 Å². The second-order valence-electron chi connectivity index (χ2n) is 4.67. The molecule has 3 heteroatoms. The smallest absolute Gasteiger partial charge is 0.125 e. The SMILES string of the molecule is COc1ccc(CNc2cc(C)cc(F)c2)cc1C. The van der Waals surface area contributed by atoms with Crippen LogP contribution in [0.3, 0.4) is 0 Å². The fraction of sp³-hybridized carbons (Fsp3) is 0.250. The number of hydrogen-bond acceptors (Lipinski definition) is 2. The van der Waals surface area contributed by atoms with Gasteiger partial charge in [0.05, 0.1) is 7.11 Å². The summed E-state index contributed by atoms with van der Waals surface area (Å²) in [6.07, 6.45) is 0. The highest BCUT2D eigenvalue weighted by atomic mass is 19.1. The van der Waals surface area contributed by atoms with Gasteiger partial charge < -0.3 is 10.1 Å². The van der Waals surface area contributed by atoms with Crippen molar-refractivity contribution in [1.29, 1.82) is 0 Å². The van der Waals surface area contributed by atoms with Crippen molar-refractivity contribution >= 4 is 5.69 Å². The zero-order valence-corrected chi connectivity index (χ0v) is 11.5. The first-order valence-corrected chi connectivity index (χ1v) is 6.23. The molecule has 0 saturated heterocycles. The summed E-state index contributed by atoms with van der Waals surface area (Å²) in [6.45, 7) is 4.55. The van der Waals surface area contributed by atoms with E-state index in [4.69, 9.17) is 4.74 Å². The van der Waals surface area contributed by atoms with Crippen LogP contribution in [0.15, 0.2) is 36.4 Å². The molecule has 0 radical (unpaired) electrons. The van der Waals surface area contributed by atoms with Gasteiger partial charge in [0.15, 0.2) is 0 Å². The van der Waals surface area contributed by atoms with E-state index in [1.165, 1.54) is 12.1 Å². The van der Waals surface area contributed by atoms with Crippen LogP contribution in [-0.2, 0) is 6.54 Å². The lowest BCUT2D eigenvalue weighted by Gasteiger charge is -2.10. The molecule has 0 fully saturated rings. The van der Waals surface area contributed by atoms with Gasteiger partial charge in [-0.15, -0.1) is 0 Å². The number of aryl methyl sites for hydroxylation is 2. The Bertz CT molecular complexity index is 561. The van der Waals surface area contributed by atoms with Gasteiger partial charge >= 0.3 is 0 Å². The Morgan fingerprint density at radius 3 is 2.53 bits per heavy atom. The van der Waals surface area contributed by atoms with Gasteiger partial charge in [-0.1, -0.05) is 12.1 Å². The number of rotatable bonds is 4. The van der Waals surface area contributed by atoms with Crippen LogP contribution in [0.1, 0.15) is 16.7 Å². The molecule has 0 saturated carbocycles. The summed E-state index contributed by atoms with van der Waals surface area (Å²) in [4.78, 5) is 0. The molecule has 0 unspecified atom stereocenters. The van der Waals surface area contributed by atoms with Gasteiger partial charge in [0.25, 0.3) is 0 Å². The molecule has 2 nitrogen and oxygen atoms in total. The number of anilines is 1. The summed E-state index contributed by atoms with van der Waals surface area (Å²) < 4.78 is 18.5. The monoisotopic (exact) mass is 259 g/mol. The van der Waals surface area contributed by atoms with Gasteiger partial charge in [-0.3, -0.25) is 0 Å². The van der Waals surface area contributed by atoms with E-state index in [0.717, 1.165) is 28.1 Å². The zero-order valence-electron chi connectivity index (χ0n) is 11.5. The summed E-state index contributed by atoms with van der Waals surface area (Å²) in [5.74, 6) is 0.666. The molecule has 0 aliphatic carbocycles. The normalized spacial score (nSPS) is 10.3. The molecule has 19 heavy (non-hydrogen) atoms. The molecule has 2 aromatic carbocycles. The van der Waals surface area contributed by atoms with Crippen molar-refractivity contribution < 1.29 is 9.13 Å². The molecule has 0 amide bonds. The molecule has 0 aromatic heterocycles. The molecule has 0 atom stereocenters. The summed E-state index contributed by atoms with van der Waals surface area (Å²) in [6, 6.07) is 11.0. The van der Waals surface area contributed by atoms with Gasteiger partial charge in [0.2, 0.25) is 0 Å². The van der Waals surface area contributed by atoms with E-state index >= 15 is 0 Å². The van der Waals surface area contributed by atoms with E-state index in [0.29, 0.717) is 6.54 Å². The van der Waals surface area contributed by atoms with E-state index in [9.17, 15) is 4.39 Å². The van der Waals surface area contributed by atoms with Crippen molar-refractivity contribution in [3.63, 3.8) is 0 Å². The highest BCUT2D eigenvalue weighted by molar-refractivity contribution is 5.47. The van der Waals surface area contributed by atoms with Gasteiger partial charge in [0.1, 0.15) is 11.6 Å². The molecular formula is C16H18FNO. The van der Waals surface area contributed by atoms with Crippen LogP contribution in [-0.4, -0.2) is 7.11 Å². The average molecular weight is 259 g/mol. The second-order valence-corrected chi connectivity index (χ2v) is 4.67. The number of methoxy groups -OCH3 is 1. The van der Waals surface area contributed by atoms with E-state index in [-0.39, 0.29) is 5.82 Å². The Kier molecular flexibility index (Phi) is 4.05. The lowest BCUT2D eigenvalue weighted by molar-refractivity contribution is 0.411. The first-order valence-electron chi connectivity index (χ1n) is 6.23. The van der Waals surface area contributed by atoms with E-state index < -0.39 is 0 Å². The Morgan fingerprint density at radius 1 is 1.11 bits per heavy atom. The number of ether oxygens (including phenoxy) is 1. The largest absolute Gasteiger partial charge is 0.496 e. The van der Waals surface area contributed by atoms with Gasteiger partial charge in [-0.05, 0) is 54.8 Å². The first kappa shape index (κ1) is 13.4. The molecule has 1 N–H and O–H groups in total. The van der Waals surface area contributed by atoms with Crippen molar-refractivity contribution in [3.8, 4) is 5.75 Å². The average Bonchev–Trinajstić information content (AvgIpc) is 2.35. The first-order chi connectivity index (χ1) is 9.08. The Balaban J connectivity index is 2.08. The fourth-order valence-electron chi connectivity index (χ4n) is 2.09. The number of nitrogens with one attached hydrogen (secondary N) is 1. The van der Waals surface area contributed by atoms with E-state index in [1.807, 2.05) is 32.0 Å². The van der Waals surface area contributed by atoms with Gasteiger partial charge in [-0.2, -0.15) is 0 Å². The van der Waals surface area contributed by atoms with Crippen molar-refractivity contribution in [2.24, 2.45) is 0 Å². The Labute approximate surface area is 113 Å². The molecular weight excluding hydrogens is 241 g/mol. The highest BCUT2D eigenvalue weighted by Crippen LogP contribution is 2.20. The number of benzene rings is 2. The summed E-state index contributed by atoms with van der Waals surface area (Å²) in [5, 5.41) is 3.23. The predicted octanol–water partition coefficient (Wildman–Crippen LogP) is 4.06. The summed E-state index contributed by atoms with van der Waals surface area (Å²) in [7, 11) is 1.66. The summed E-state index contributed by atoms with van der Waals surface area (Å²) in [5.41, 5.74) is 3.94. The molecule has 2 rings (SSSR count). The molecule has 100 valence electrons. The molecule has 0 aliphatic rings. The van der Waals surface area contributed by atoms with Crippen LogP contribution >= 0.6 is 0 Å². The van der Waals surface area contributed by atoms with Crippen molar-refractivity contribution in [3.05, 3.63) is 58.9 Å². The second kappa shape index (κ2) is 5.74. The van der Waals surface area contributed by atoms with Gasteiger partial charge in [0, 0.05) is 12.2 Å². The lowest BCUT2D eigenvalue weighted by Crippen LogP contribution is -2.01. The van der Waals surface area contributed by atoms with Crippen LogP contribution in [0.2, 0.25) is 0 Å². The molecule has 2 aromatic rings. The Hall–Kier alpha value is -2.03. The summed E-state index contributed by atoms with van der Waals surface area (Å²) >= 11 is 0. The number of hydrogen-bond donors (Lipinski definition) is 1. The van der Waals surface area contributed by atoms with Gasteiger partial charge in [-0.25, -0.2) is 4.39 Å². The van der Waals surface area contributed by atoms with E-state index in [1.54, 1.807) is 7.11 Å². The third kappa shape index (κ3) is 3.47. The predicted molar refractivity (Wildman–Crippen MR) is 76.2 cm³/mol.